The summed E-state index contributed by atoms with van der Waals surface area (Å²) in [6.07, 6.45) is 4.18. The van der Waals surface area contributed by atoms with E-state index in [9.17, 15) is 14.7 Å². The molecule has 144 valence electrons. The van der Waals surface area contributed by atoms with Crippen molar-refractivity contribution in [3.05, 3.63) is 39.4 Å². The van der Waals surface area contributed by atoms with Crippen LogP contribution >= 0.6 is 0 Å². The van der Waals surface area contributed by atoms with E-state index in [1.807, 2.05) is 16.4 Å². The number of aromatic nitrogens is 1. The van der Waals surface area contributed by atoms with E-state index >= 15 is 4.39 Å². The number of hydrogen-bond acceptors (Lipinski definition) is 4. The van der Waals surface area contributed by atoms with Gasteiger partial charge in [0.15, 0.2) is 0 Å². The van der Waals surface area contributed by atoms with Gasteiger partial charge < -0.3 is 20.3 Å². The fraction of sp³-hybridized carbons (Fsp3) is 0.500. The SMILES string of the molecule is Cc1c(F)c(N2CCC(C(C)N)C2)cc2c1c(=O)c(C(=O)O)cn2C1CC1. The average Bonchev–Trinajstić information content (AvgIpc) is 3.33. The van der Waals surface area contributed by atoms with Gasteiger partial charge in [0.1, 0.15) is 11.4 Å². The normalized spacial score (nSPS) is 21.0. The first-order valence-electron chi connectivity index (χ1n) is 9.41. The van der Waals surface area contributed by atoms with Crippen molar-refractivity contribution in [1.82, 2.24) is 4.57 Å². The summed E-state index contributed by atoms with van der Waals surface area (Å²) in [6.45, 7) is 4.92. The predicted molar refractivity (Wildman–Crippen MR) is 102 cm³/mol. The fourth-order valence-corrected chi connectivity index (χ4v) is 4.12. The number of aryl methyl sites for hydroxylation is 1. The van der Waals surface area contributed by atoms with Gasteiger partial charge in [-0.05, 0) is 45.1 Å². The number of nitrogens with two attached hydrogens (primary N) is 1. The number of carbonyl (C=O) groups is 1. The molecule has 1 saturated heterocycles. The summed E-state index contributed by atoms with van der Waals surface area (Å²) in [5, 5.41) is 9.57. The Labute approximate surface area is 156 Å². The maximum absolute atomic E-state index is 15.2. The van der Waals surface area contributed by atoms with Gasteiger partial charge in [-0.2, -0.15) is 0 Å². The molecule has 0 spiro atoms. The highest BCUT2D eigenvalue weighted by Crippen LogP contribution is 2.39. The molecule has 0 bridgehead atoms. The Morgan fingerprint density at radius 2 is 2.07 bits per heavy atom. The van der Waals surface area contributed by atoms with Gasteiger partial charge in [0.25, 0.3) is 0 Å². The number of pyridine rings is 1. The molecule has 7 heteroatoms. The van der Waals surface area contributed by atoms with Crippen LogP contribution in [0.25, 0.3) is 10.9 Å². The molecule has 1 aromatic carbocycles. The minimum atomic E-state index is -1.28. The van der Waals surface area contributed by atoms with Crippen LogP contribution < -0.4 is 16.1 Å². The van der Waals surface area contributed by atoms with Crippen LogP contribution in [0.5, 0.6) is 0 Å². The van der Waals surface area contributed by atoms with Crippen molar-refractivity contribution in [3.8, 4) is 0 Å². The molecule has 2 unspecified atom stereocenters. The topological polar surface area (TPSA) is 88.6 Å². The molecule has 0 radical (unpaired) electrons. The minimum absolute atomic E-state index is 0.0439. The van der Waals surface area contributed by atoms with Crippen molar-refractivity contribution in [2.45, 2.75) is 45.2 Å². The lowest BCUT2D eigenvalue weighted by Gasteiger charge is -2.23. The van der Waals surface area contributed by atoms with E-state index in [1.54, 1.807) is 13.0 Å². The van der Waals surface area contributed by atoms with Gasteiger partial charge in [-0.15, -0.1) is 0 Å². The summed E-state index contributed by atoms with van der Waals surface area (Å²) in [6, 6.07) is 1.92. The molecule has 4 rings (SSSR count). The molecule has 2 aliphatic rings. The standard InChI is InChI=1S/C20H24FN3O3/c1-10-17-15(24(13-3-4-13)9-14(19(17)25)20(26)27)7-16(18(10)21)23-6-5-12(8-23)11(2)22/h7,9,11-13H,3-6,8,22H2,1-2H3,(H,26,27). The first-order chi connectivity index (χ1) is 12.8. The number of nitrogens with zero attached hydrogens (tertiary/aromatic N) is 2. The molecule has 1 saturated carbocycles. The maximum atomic E-state index is 15.2. The highest BCUT2D eigenvalue weighted by molar-refractivity contribution is 5.95. The number of carboxylic acid groups (broad SMARTS) is 1. The first kappa shape index (κ1) is 18.0. The molecule has 1 aliphatic heterocycles. The van der Waals surface area contributed by atoms with Crippen LogP contribution in [0.15, 0.2) is 17.1 Å². The highest BCUT2D eigenvalue weighted by atomic mass is 19.1. The quantitative estimate of drug-likeness (QED) is 0.860. The van der Waals surface area contributed by atoms with Gasteiger partial charge in [0.05, 0.1) is 16.6 Å². The van der Waals surface area contributed by atoms with Crippen LogP contribution in [0.4, 0.5) is 10.1 Å². The highest BCUT2D eigenvalue weighted by Gasteiger charge is 2.31. The Morgan fingerprint density at radius 1 is 1.37 bits per heavy atom. The van der Waals surface area contributed by atoms with Gasteiger partial charge in [-0.3, -0.25) is 4.79 Å². The Balaban J connectivity index is 1.93. The Kier molecular flexibility index (Phi) is 4.22. The van der Waals surface area contributed by atoms with Crippen molar-refractivity contribution in [2.75, 3.05) is 18.0 Å². The van der Waals surface area contributed by atoms with E-state index in [-0.39, 0.29) is 28.6 Å². The second kappa shape index (κ2) is 6.34. The number of fused-ring (bicyclic) bond motifs is 1. The molecule has 2 fully saturated rings. The van der Waals surface area contributed by atoms with Crippen LogP contribution in [0.1, 0.15) is 48.1 Å². The molecular weight excluding hydrogens is 349 g/mol. The molecule has 2 atom stereocenters. The maximum Gasteiger partial charge on any atom is 0.341 e. The molecule has 27 heavy (non-hydrogen) atoms. The summed E-state index contributed by atoms with van der Waals surface area (Å²) in [5.41, 5.74) is 6.40. The Bertz CT molecular complexity index is 994. The summed E-state index contributed by atoms with van der Waals surface area (Å²) in [5.74, 6) is -1.42. The van der Waals surface area contributed by atoms with Crippen LogP contribution in [0.3, 0.4) is 0 Å². The van der Waals surface area contributed by atoms with E-state index in [0.29, 0.717) is 23.7 Å². The number of hydrogen-bond donors (Lipinski definition) is 2. The predicted octanol–water partition coefficient (Wildman–Crippen LogP) is 2.66. The van der Waals surface area contributed by atoms with Crippen LogP contribution in [-0.2, 0) is 0 Å². The first-order valence-corrected chi connectivity index (χ1v) is 9.41. The van der Waals surface area contributed by atoms with E-state index in [1.165, 1.54) is 6.20 Å². The molecule has 6 nitrogen and oxygen atoms in total. The van der Waals surface area contributed by atoms with E-state index in [0.717, 1.165) is 25.8 Å². The summed E-state index contributed by atoms with van der Waals surface area (Å²) in [4.78, 5) is 26.2. The van der Waals surface area contributed by atoms with Crippen molar-refractivity contribution in [3.63, 3.8) is 0 Å². The van der Waals surface area contributed by atoms with Crippen LogP contribution in [0, 0.1) is 18.7 Å². The van der Waals surface area contributed by atoms with E-state index < -0.39 is 17.2 Å². The van der Waals surface area contributed by atoms with Crippen molar-refractivity contribution in [1.29, 1.82) is 0 Å². The smallest absolute Gasteiger partial charge is 0.341 e. The second-order valence-electron chi connectivity index (χ2n) is 7.90. The number of rotatable bonds is 4. The van der Waals surface area contributed by atoms with Crippen molar-refractivity contribution in [2.24, 2.45) is 11.7 Å². The van der Waals surface area contributed by atoms with Crippen LogP contribution in [-0.4, -0.2) is 34.8 Å². The second-order valence-corrected chi connectivity index (χ2v) is 7.90. The zero-order valence-electron chi connectivity index (χ0n) is 15.5. The van der Waals surface area contributed by atoms with Crippen molar-refractivity contribution < 1.29 is 14.3 Å². The summed E-state index contributed by atoms with van der Waals surface area (Å²) in [7, 11) is 0. The molecule has 0 amide bonds. The van der Waals surface area contributed by atoms with Gasteiger partial charge >= 0.3 is 5.97 Å². The van der Waals surface area contributed by atoms with E-state index in [2.05, 4.69) is 0 Å². The number of aromatic carboxylic acids is 1. The number of carboxylic acids is 1. The summed E-state index contributed by atoms with van der Waals surface area (Å²) >= 11 is 0. The molecule has 2 heterocycles. The monoisotopic (exact) mass is 373 g/mol. The molecule has 1 aliphatic carbocycles. The number of halogens is 1. The third-order valence-corrected chi connectivity index (χ3v) is 5.96. The van der Waals surface area contributed by atoms with Gasteiger partial charge in [-0.25, -0.2) is 9.18 Å². The van der Waals surface area contributed by atoms with Crippen LogP contribution in [0.2, 0.25) is 0 Å². The lowest BCUT2D eigenvalue weighted by atomic mass is 10.0. The molecule has 2 aromatic rings. The Morgan fingerprint density at radius 3 is 2.63 bits per heavy atom. The third-order valence-electron chi connectivity index (χ3n) is 5.96. The van der Waals surface area contributed by atoms with Crippen molar-refractivity contribution >= 4 is 22.6 Å². The fourth-order valence-electron chi connectivity index (χ4n) is 4.12. The molecule has 1 aromatic heterocycles. The molecule has 3 N–H and O–H groups in total. The Hall–Kier alpha value is -2.41. The van der Waals surface area contributed by atoms with E-state index in [4.69, 9.17) is 5.73 Å². The number of benzene rings is 1. The van der Waals surface area contributed by atoms with Gasteiger partial charge in [0, 0.05) is 36.9 Å². The lowest BCUT2D eigenvalue weighted by molar-refractivity contribution is 0.0695. The molecular formula is C20H24FN3O3. The van der Waals surface area contributed by atoms with Gasteiger partial charge in [0.2, 0.25) is 5.43 Å². The lowest BCUT2D eigenvalue weighted by Crippen LogP contribution is -2.30. The van der Waals surface area contributed by atoms with Gasteiger partial charge in [-0.1, -0.05) is 0 Å². The zero-order chi connectivity index (χ0) is 19.5. The largest absolute Gasteiger partial charge is 0.477 e. The minimum Gasteiger partial charge on any atom is -0.477 e. The summed E-state index contributed by atoms with van der Waals surface area (Å²) < 4.78 is 17.0. The average molecular weight is 373 g/mol. The number of anilines is 1. The zero-order valence-corrected chi connectivity index (χ0v) is 15.5. The third kappa shape index (κ3) is 2.90.